The topological polar surface area (TPSA) is 72.2 Å². The van der Waals surface area contributed by atoms with Crippen LogP contribution in [0.3, 0.4) is 0 Å². The fourth-order valence-electron chi connectivity index (χ4n) is 1.66. The van der Waals surface area contributed by atoms with Gasteiger partial charge in [-0.25, -0.2) is 8.42 Å². The van der Waals surface area contributed by atoms with Crippen molar-refractivity contribution in [2.75, 3.05) is 17.3 Å². The summed E-state index contributed by atoms with van der Waals surface area (Å²) < 4.78 is 22.6. The van der Waals surface area contributed by atoms with Crippen LogP contribution >= 0.6 is 0 Å². The Labute approximate surface area is 113 Å². The van der Waals surface area contributed by atoms with Crippen LogP contribution in [0.1, 0.15) is 5.56 Å². The second-order valence-corrected chi connectivity index (χ2v) is 6.41. The normalized spacial score (nSPS) is 11.2. The fraction of sp³-hybridized carbons (Fsp3) is 0.143. The summed E-state index contributed by atoms with van der Waals surface area (Å²) in [5, 5.41) is 3.22. The van der Waals surface area contributed by atoms with Crippen molar-refractivity contribution in [3.05, 3.63) is 54.1 Å². The quantitative estimate of drug-likeness (QED) is 0.840. The molecule has 0 spiro atoms. The van der Waals surface area contributed by atoms with E-state index in [1.54, 1.807) is 24.3 Å². The van der Waals surface area contributed by atoms with E-state index in [0.717, 1.165) is 16.9 Å². The molecule has 0 aromatic heterocycles. The van der Waals surface area contributed by atoms with Gasteiger partial charge >= 0.3 is 0 Å². The first-order valence-corrected chi connectivity index (χ1v) is 7.73. The fourth-order valence-corrected chi connectivity index (χ4v) is 2.29. The number of nitrogens with one attached hydrogen (secondary N) is 1. The van der Waals surface area contributed by atoms with Crippen LogP contribution in [0, 0.1) is 0 Å². The Morgan fingerprint density at radius 2 is 1.58 bits per heavy atom. The maximum absolute atomic E-state index is 11.3. The minimum atomic E-state index is -3.13. The molecule has 2 rings (SSSR count). The number of rotatable bonds is 4. The monoisotopic (exact) mass is 276 g/mol. The molecule has 4 nitrogen and oxygen atoms in total. The Hall–Kier alpha value is -2.01. The van der Waals surface area contributed by atoms with Crippen molar-refractivity contribution in [2.24, 2.45) is 0 Å². The van der Waals surface area contributed by atoms with Gasteiger partial charge in [0.25, 0.3) is 0 Å². The number of anilines is 2. The number of hydrogen-bond acceptors (Lipinski definition) is 4. The van der Waals surface area contributed by atoms with Crippen molar-refractivity contribution in [1.82, 2.24) is 0 Å². The number of hydrogen-bond donors (Lipinski definition) is 2. The summed E-state index contributed by atoms with van der Waals surface area (Å²) in [6, 6.07) is 14.3. The van der Waals surface area contributed by atoms with Crippen molar-refractivity contribution in [2.45, 2.75) is 11.4 Å². The molecule has 0 amide bonds. The number of benzene rings is 2. The SMILES string of the molecule is CS(=O)(=O)c1ccc(NCc2ccc(N)cc2)cc1. The average molecular weight is 276 g/mol. The van der Waals surface area contributed by atoms with E-state index < -0.39 is 9.84 Å². The minimum absolute atomic E-state index is 0.325. The average Bonchev–Trinajstić information content (AvgIpc) is 2.37. The Balaban J connectivity index is 2.02. The molecule has 0 aliphatic carbocycles. The molecule has 5 heteroatoms. The van der Waals surface area contributed by atoms with Crippen LogP contribution in [-0.4, -0.2) is 14.7 Å². The molecule has 2 aromatic rings. The van der Waals surface area contributed by atoms with Crippen molar-refractivity contribution in [1.29, 1.82) is 0 Å². The third kappa shape index (κ3) is 3.72. The molecule has 0 aliphatic heterocycles. The van der Waals surface area contributed by atoms with Crippen LogP contribution in [0.15, 0.2) is 53.4 Å². The Morgan fingerprint density at radius 1 is 1.00 bits per heavy atom. The van der Waals surface area contributed by atoms with Crippen LogP contribution in [0.4, 0.5) is 11.4 Å². The Bertz CT molecular complexity index is 647. The standard InChI is InChI=1S/C14H16N2O2S/c1-19(17,18)14-8-6-13(7-9-14)16-10-11-2-4-12(15)5-3-11/h2-9,16H,10,15H2,1H3. The lowest BCUT2D eigenvalue weighted by molar-refractivity contribution is 0.602. The van der Waals surface area contributed by atoms with Gasteiger partial charge in [0.1, 0.15) is 0 Å². The van der Waals surface area contributed by atoms with Gasteiger partial charge in [0.2, 0.25) is 0 Å². The third-order valence-corrected chi connectivity index (χ3v) is 3.89. The summed E-state index contributed by atoms with van der Waals surface area (Å²) >= 11 is 0. The highest BCUT2D eigenvalue weighted by molar-refractivity contribution is 7.90. The van der Waals surface area contributed by atoms with Crippen LogP contribution in [-0.2, 0) is 16.4 Å². The lowest BCUT2D eigenvalue weighted by Crippen LogP contribution is -2.01. The summed E-state index contributed by atoms with van der Waals surface area (Å²) in [4.78, 5) is 0.325. The van der Waals surface area contributed by atoms with E-state index in [9.17, 15) is 8.42 Å². The zero-order chi connectivity index (χ0) is 13.9. The predicted molar refractivity (Wildman–Crippen MR) is 77.7 cm³/mol. The third-order valence-electron chi connectivity index (χ3n) is 2.76. The smallest absolute Gasteiger partial charge is 0.175 e. The summed E-state index contributed by atoms with van der Waals surface area (Å²) in [7, 11) is -3.13. The largest absolute Gasteiger partial charge is 0.399 e. The first-order valence-electron chi connectivity index (χ1n) is 5.83. The second-order valence-electron chi connectivity index (χ2n) is 4.39. The van der Waals surface area contributed by atoms with E-state index in [-0.39, 0.29) is 0 Å². The lowest BCUT2D eigenvalue weighted by Gasteiger charge is -2.07. The molecule has 100 valence electrons. The van der Waals surface area contributed by atoms with Crippen LogP contribution in [0.5, 0.6) is 0 Å². The van der Waals surface area contributed by atoms with Gasteiger partial charge in [-0.3, -0.25) is 0 Å². The summed E-state index contributed by atoms with van der Waals surface area (Å²) in [6.07, 6.45) is 1.20. The number of nitrogens with two attached hydrogens (primary N) is 1. The maximum Gasteiger partial charge on any atom is 0.175 e. The van der Waals surface area contributed by atoms with Crippen molar-refractivity contribution >= 4 is 21.2 Å². The van der Waals surface area contributed by atoms with Gasteiger partial charge in [-0.15, -0.1) is 0 Å². The van der Waals surface area contributed by atoms with E-state index in [4.69, 9.17) is 5.73 Å². The second kappa shape index (κ2) is 5.32. The Morgan fingerprint density at radius 3 is 2.11 bits per heavy atom. The molecular formula is C14H16N2O2S. The molecule has 0 aliphatic rings. The zero-order valence-corrected chi connectivity index (χ0v) is 11.4. The number of nitrogen functional groups attached to an aromatic ring is 1. The van der Waals surface area contributed by atoms with Crippen molar-refractivity contribution in [3.63, 3.8) is 0 Å². The van der Waals surface area contributed by atoms with Gasteiger partial charge in [0, 0.05) is 24.2 Å². The van der Waals surface area contributed by atoms with Gasteiger partial charge in [-0.2, -0.15) is 0 Å². The van der Waals surface area contributed by atoms with Gasteiger partial charge in [0.15, 0.2) is 9.84 Å². The van der Waals surface area contributed by atoms with Gasteiger partial charge < -0.3 is 11.1 Å². The summed E-state index contributed by atoms with van der Waals surface area (Å²) in [5.74, 6) is 0. The van der Waals surface area contributed by atoms with Crippen molar-refractivity contribution < 1.29 is 8.42 Å². The molecule has 3 N–H and O–H groups in total. The zero-order valence-electron chi connectivity index (χ0n) is 10.6. The molecule has 2 aromatic carbocycles. The molecule has 0 saturated heterocycles. The summed E-state index contributed by atoms with van der Waals surface area (Å²) in [5.41, 5.74) is 8.34. The predicted octanol–water partition coefficient (Wildman–Crippen LogP) is 2.28. The molecule has 0 atom stereocenters. The van der Waals surface area contributed by atoms with E-state index >= 15 is 0 Å². The van der Waals surface area contributed by atoms with Gasteiger partial charge in [0.05, 0.1) is 4.90 Å². The highest BCUT2D eigenvalue weighted by Crippen LogP contribution is 2.15. The van der Waals surface area contributed by atoms with Gasteiger partial charge in [-0.1, -0.05) is 12.1 Å². The van der Waals surface area contributed by atoms with Crippen molar-refractivity contribution in [3.8, 4) is 0 Å². The highest BCUT2D eigenvalue weighted by atomic mass is 32.2. The highest BCUT2D eigenvalue weighted by Gasteiger charge is 2.05. The van der Waals surface area contributed by atoms with E-state index in [1.807, 2.05) is 24.3 Å². The molecule has 0 bridgehead atoms. The van der Waals surface area contributed by atoms with Crippen LogP contribution in [0.2, 0.25) is 0 Å². The lowest BCUT2D eigenvalue weighted by atomic mass is 10.2. The van der Waals surface area contributed by atoms with Crippen LogP contribution in [0.25, 0.3) is 0 Å². The van der Waals surface area contributed by atoms with E-state index in [0.29, 0.717) is 11.4 Å². The first-order chi connectivity index (χ1) is 8.95. The maximum atomic E-state index is 11.3. The molecule has 0 unspecified atom stereocenters. The molecule has 0 heterocycles. The van der Waals surface area contributed by atoms with E-state index in [1.165, 1.54) is 6.26 Å². The molecule has 0 radical (unpaired) electrons. The van der Waals surface area contributed by atoms with Gasteiger partial charge in [-0.05, 0) is 42.0 Å². The molecule has 0 fully saturated rings. The first kappa shape index (κ1) is 13.4. The molecule has 19 heavy (non-hydrogen) atoms. The molecule has 0 saturated carbocycles. The molecular weight excluding hydrogens is 260 g/mol. The minimum Gasteiger partial charge on any atom is -0.399 e. The Kier molecular flexibility index (Phi) is 3.76. The number of sulfone groups is 1. The summed E-state index contributed by atoms with van der Waals surface area (Å²) in [6.45, 7) is 0.665. The van der Waals surface area contributed by atoms with Crippen LogP contribution < -0.4 is 11.1 Å². The van der Waals surface area contributed by atoms with E-state index in [2.05, 4.69) is 5.32 Å².